The number of aromatic nitrogens is 2. The van der Waals surface area contributed by atoms with E-state index in [4.69, 9.17) is 5.73 Å². The molecule has 0 aliphatic rings. The Kier molecular flexibility index (Phi) is 5.31. The van der Waals surface area contributed by atoms with Crippen LogP contribution in [0, 0.1) is 0 Å². The zero-order valence-corrected chi connectivity index (χ0v) is 12.7. The molecule has 2 aromatic rings. The second kappa shape index (κ2) is 7.21. The molecule has 0 saturated carbocycles. The minimum Gasteiger partial charge on any atom is -0.369 e. The molecule has 1 heterocycles. The second-order valence-corrected chi connectivity index (χ2v) is 5.49. The van der Waals surface area contributed by atoms with Crippen LogP contribution in [0.15, 0.2) is 47.2 Å². The summed E-state index contributed by atoms with van der Waals surface area (Å²) in [6.07, 6.45) is 3.65. The van der Waals surface area contributed by atoms with Gasteiger partial charge in [-0.3, -0.25) is 14.4 Å². The first kappa shape index (κ1) is 14.7. The van der Waals surface area contributed by atoms with Crippen molar-refractivity contribution in [1.29, 1.82) is 0 Å². The summed E-state index contributed by atoms with van der Waals surface area (Å²) in [5.41, 5.74) is 6.46. The van der Waals surface area contributed by atoms with Crippen LogP contribution in [-0.2, 0) is 17.9 Å². The van der Waals surface area contributed by atoms with Crippen molar-refractivity contribution in [2.75, 3.05) is 13.1 Å². The number of primary amides is 1. The van der Waals surface area contributed by atoms with Crippen LogP contribution < -0.4 is 5.73 Å². The van der Waals surface area contributed by atoms with Crippen LogP contribution in [-0.4, -0.2) is 33.7 Å². The van der Waals surface area contributed by atoms with Gasteiger partial charge in [-0.25, -0.2) is 0 Å². The molecule has 6 heteroatoms. The van der Waals surface area contributed by atoms with E-state index in [1.165, 1.54) is 0 Å². The van der Waals surface area contributed by atoms with Crippen LogP contribution in [0.2, 0.25) is 0 Å². The van der Waals surface area contributed by atoms with E-state index in [0.717, 1.165) is 23.1 Å². The predicted octanol–water partition coefficient (Wildman–Crippen LogP) is 1.63. The number of hydrogen-bond acceptors (Lipinski definition) is 3. The summed E-state index contributed by atoms with van der Waals surface area (Å²) in [6, 6.07) is 9.93. The van der Waals surface area contributed by atoms with Crippen LogP contribution in [0.3, 0.4) is 0 Å². The monoisotopic (exact) mass is 336 g/mol. The Morgan fingerprint density at radius 3 is 2.70 bits per heavy atom. The van der Waals surface area contributed by atoms with Crippen LogP contribution in [0.1, 0.15) is 5.56 Å². The fourth-order valence-electron chi connectivity index (χ4n) is 1.96. The summed E-state index contributed by atoms with van der Waals surface area (Å²) < 4.78 is 2.88. The number of amides is 1. The molecule has 1 amide bonds. The summed E-state index contributed by atoms with van der Waals surface area (Å²) in [6.45, 7) is 2.40. The van der Waals surface area contributed by atoms with Crippen molar-refractivity contribution >= 4 is 21.8 Å². The normalized spacial score (nSPS) is 10.9. The molecular weight excluding hydrogens is 320 g/mol. The lowest BCUT2D eigenvalue weighted by Crippen LogP contribution is -2.35. The third-order valence-corrected chi connectivity index (χ3v) is 3.43. The summed E-state index contributed by atoms with van der Waals surface area (Å²) in [5, 5.41) is 4.15. The summed E-state index contributed by atoms with van der Waals surface area (Å²) in [4.78, 5) is 13.2. The number of carbonyl (C=O) groups is 1. The Hall–Kier alpha value is -1.66. The SMILES string of the molecule is NC(=O)CN(CCn1cccn1)Cc1ccc(Br)cc1. The maximum Gasteiger partial charge on any atom is 0.231 e. The largest absolute Gasteiger partial charge is 0.369 e. The number of carbonyl (C=O) groups excluding carboxylic acids is 1. The van der Waals surface area contributed by atoms with Gasteiger partial charge in [0.2, 0.25) is 5.91 Å². The van der Waals surface area contributed by atoms with E-state index in [1.54, 1.807) is 6.20 Å². The number of hydrogen-bond donors (Lipinski definition) is 1. The molecule has 0 fully saturated rings. The van der Waals surface area contributed by atoms with Crippen molar-refractivity contribution < 1.29 is 4.79 Å². The minimum atomic E-state index is -0.317. The molecule has 0 radical (unpaired) electrons. The van der Waals surface area contributed by atoms with Crippen LogP contribution in [0.4, 0.5) is 0 Å². The van der Waals surface area contributed by atoms with E-state index in [9.17, 15) is 4.79 Å². The number of nitrogens with two attached hydrogens (primary N) is 1. The number of rotatable bonds is 7. The first-order chi connectivity index (χ1) is 9.63. The van der Waals surface area contributed by atoms with Gasteiger partial charge in [0.05, 0.1) is 13.1 Å². The summed E-state index contributed by atoms with van der Waals surface area (Å²) in [5.74, 6) is -0.317. The van der Waals surface area contributed by atoms with Crippen molar-refractivity contribution in [2.24, 2.45) is 5.73 Å². The molecule has 2 N–H and O–H groups in total. The Bertz CT molecular complexity index is 539. The number of benzene rings is 1. The maximum atomic E-state index is 11.2. The van der Waals surface area contributed by atoms with Crippen molar-refractivity contribution in [1.82, 2.24) is 14.7 Å². The molecule has 20 heavy (non-hydrogen) atoms. The molecule has 0 aliphatic heterocycles. The first-order valence-electron chi connectivity index (χ1n) is 6.36. The van der Waals surface area contributed by atoms with E-state index in [0.29, 0.717) is 6.54 Å². The van der Waals surface area contributed by atoms with Crippen LogP contribution >= 0.6 is 15.9 Å². The molecule has 0 aliphatic carbocycles. The minimum absolute atomic E-state index is 0.247. The maximum absolute atomic E-state index is 11.2. The van der Waals surface area contributed by atoms with Crippen molar-refractivity contribution in [3.05, 3.63) is 52.8 Å². The summed E-state index contributed by atoms with van der Waals surface area (Å²) >= 11 is 3.41. The van der Waals surface area contributed by atoms with Gasteiger partial charge in [-0.1, -0.05) is 28.1 Å². The Labute approximate surface area is 126 Å². The Morgan fingerprint density at radius 2 is 2.10 bits per heavy atom. The highest BCUT2D eigenvalue weighted by Crippen LogP contribution is 2.12. The Balaban J connectivity index is 1.95. The molecule has 5 nitrogen and oxygen atoms in total. The topological polar surface area (TPSA) is 64.2 Å². The number of halogens is 1. The van der Waals surface area contributed by atoms with Gasteiger partial charge in [0.1, 0.15) is 0 Å². The Morgan fingerprint density at radius 1 is 1.35 bits per heavy atom. The average Bonchev–Trinajstić information content (AvgIpc) is 2.91. The van der Waals surface area contributed by atoms with Gasteiger partial charge in [0, 0.05) is 30.0 Å². The molecule has 0 atom stereocenters. The van der Waals surface area contributed by atoms with Gasteiger partial charge >= 0.3 is 0 Å². The molecule has 0 bridgehead atoms. The highest BCUT2D eigenvalue weighted by Gasteiger charge is 2.09. The van der Waals surface area contributed by atoms with Gasteiger partial charge in [-0.2, -0.15) is 5.10 Å². The van der Waals surface area contributed by atoms with Crippen LogP contribution in [0.25, 0.3) is 0 Å². The van der Waals surface area contributed by atoms with E-state index >= 15 is 0 Å². The fourth-order valence-corrected chi connectivity index (χ4v) is 2.22. The molecule has 0 saturated heterocycles. The third-order valence-electron chi connectivity index (χ3n) is 2.90. The van der Waals surface area contributed by atoms with Crippen molar-refractivity contribution in [3.8, 4) is 0 Å². The van der Waals surface area contributed by atoms with Crippen molar-refractivity contribution in [3.63, 3.8) is 0 Å². The number of nitrogens with zero attached hydrogens (tertiary/aromatic N) is 3. The van der Waals surface area contributed by atoms with E-state index < -0.39 is 0 Å². The molecule has 0 spiro atoms. The fraction of sp³-hybridized carbons (Fsp3) is 0.286. The molecule has 106 valence electrons. The van der Waals surface area contributed by atoms with E-state index in [1.807, 2.05) is 46.1 Å². The highest BCUT2D eigenvalue weighted by atomic mass is 79.9. The van der Waals surface area contributed by atoms with E-state index in [2.05, 4.69) is 21.0 Å². The predicted molar refractivity (Wildman–Crippen MR) is 80.8 cm³/mol. The van der Waals surface area contributed by atoms with Crippen LogP contribution in [0.5, 0.6) is 0 Å². The smallest absolute Gasteiger partial charge is 0.231 e. The average molecular weight is 337 g/mol. The molecule has 0 unspecified atom stereocenters. The lowest BCUT2D eigenvalue weighted by Gasteiger charge is -2.20. The first-order valence-corrected chi connectivity index (χ1v) is 7.15. The molecule has 1 aromatic heterocycles. The van der Waals surface area contributed by atoms with Gasteiger partial charge in [0.25, 0.3) is 0 Å². The van der Waals surface area contributed by atoms with Gasteiger partial charge in [0.15, 0.2) is 0 Å². The van der Waals surface area contributed by atoms with Gasteiger partial charge in [-0.15, -0.1) is 0 Å². The zero-order valence-electron chi connectivity index (χ0n) is 11.1. The quantitative estimate of drug-likeness (QED) is 0.835. The second-order valence-electron chi connectivity index (χ2n) is 4.57. The third kappa shape index (κ3) is 4.79. The molecular formula is C14H17BrN4O. The van der Waals surface area contributed by atoms with Gasteiger partial charge in [-0.05, 0) is 23.8 Å². The van der Waals surface area contributed by atoms with Crippen molar-refractivity contribution in [2.45, 2.75) is 13.1 Å². The van der Waals surface area contributed by atoms with E-state index in [-0.39, 0.29) is 12.5 Å². The lowest BCUT2D eigenvalue weighted by molar-refractivity contribution is -0.119. The highest BCUT2D eigenvalue weighted by molar-refractivity contribution is 9.10. The summed E-state index contributed by atoms with van der Waals surface area (Å²) in [7, 11) is 0. The zero-order chi connectivity index (χ0) is 14.4. The lowest BCUT2D eigenvalue weighted by atomic mass is 10.2. The molecule has 2 rings (SSSR count). The van der Waals surface area contributed by atoms with Gasteiger partial charge < -0.3 is 5.73 Å². The molecule has 1 aromatic carbocycles. The standard InChI is InChI=1S/C14H17BrN4O/c15-13-4-2-12(3-5-13)10-18(11-14(16)20)8-9-19-7-1-6-17-19/h1-7H,8-11H2,(H2,16,20).